The molecule has 27 heavy (non-hydrogen) atoms. The number of amides is 1. The second-order valence-electron chi connectivity index (χ2n) is 6.47. The fourth-order valence-corrected chi connectivity index (χ4v) is 2.98. The fraction of sp³-hybridized carbons (Fsp3) is 0.261. The van der Waals surface area contributed by atoms with Crippen LogP contribution in [0.5, 0.6) is 11.5 Å². The molecule has 0 heterocycles. The van der Waals surface area contributed by atoms with E-state index in [0.29, 0.717) is 12.4 Å². The van der Waals surface area contributed by atoms with E-state index < -0.39 is 6.10 Å². The molecule has 0 aliphatic carbocycles. The van der Waals surface area contributed by atoms with Gasteiger partial charge in [-0.25, -0.2) is 0 Å². The second kappa shape index (κ2) is 8.58. The molecule has 0 fully saturated rings. The van der Waals surface area contributed by atoms with E-state index in [0.717, 1.165) is 22.1 Å². The lowest BCUT2D eigenvalue weighted by Crippen LogP contribution is -2.37. The van der Waals surface area contributed by atoms with Gasteiger partial charge in [0.1, 0.15) is 11.5 Å². The van der Waals surface area contributed by atoms with Gasteiger partial charge in [-0.2, -0.15) is 0 Å². The van der Waals surface area contributed by atoms with Crippen LogP contribution in [0.2, 0.25) is 0 Å². The lowest BCUT2D eigenvalue weighted by Gasteiger charge is -2.20. The van der Waals surface area contributed by atoms with Crippen LogP contribution in [0.3, 0.4) is 0 Å². The van der Waals surface area contributed by atoms with E-state index in [9.17, 15) is 4.79 Å². The molecular weight excluding hydrogens is 338 g/mol. The molecule has 140 valence electrons. The van der Waals surface area contributed by atoms with Gasteiger partial charge in [-0.3, -0.25) is 4.79 Å². The van der Waals surface area contributed by atoms with Crippen molar-refractivity contribution in [3.63, 3.8) is 0 Å². The minimum absolute atomic E-state index is 0.119. The Bertz CT molecular complexity index is 900. The summed E-state index contributed by atoms with van der Waals surface area (Å²) in [5, 5.41) is 5.10. The van der Waals surface area contributed by atoms with Crippen molar-refractivity contribution >= 4 is 16.7 Å². The summed E-state index contributed by atoms with van der Waals surface area (Å²) >= 11 is 0. The van der Waals surface area contributed by atoms with Gasteiger partial charge < -0.3 is 14.8 Å². The van der Waals surface area contributed by atoms with Gasteiger partial charge in [-0.1, -0.05) is 48.5 Å². The van der Waals surface area contributed by atoms with E-state index in [-0.39, 0.29) is 11.9 Å². The fourth-order valence-electron chi connectivity index (χ4n) is 2.98. The zero-order valence-electron chi connectivity index (χ0n) is 15.9. The highest BCUT2D eigenvalue weighted by atomic mass is 16.5. The Labute approximate surface area is 160 Å². The molecule has 0 unspecified atom stereocenters. The number of carbonyl (C=O) groups excluding carboxylic acids is 1. The first-order valence-electron chi connectivity index (χ1n) is 9.26. The standard InChI is InChI=1S/C23H25NO3/c1-4-26-20-14-12-18(13-15-20)16(2)24-23(25)17(3)27-22-11-7-9-19-8-5-6-10-21(19)22/h5-17H,4H2,1-3H3,(H,24,25)/t16-,17+/m1/s1. The van der Waals surface area contributed by atoms with Gasteiger partial charge in [0.25, 0.3) is 5.91 Å². The van der Waals surface area contributed by atoms with Crippen molar-refractivity contribution in [2.75, 3.05) is 6.61 Å². The Morgan fingerprint density at radius 1 is 0.963 bits per heavy atom. The van der Waals surface area contributed by atoms with Crippen LogP contribution in [-0.2, 0) is 4.79 Å². The number of nitrogens with one attached hydrogen (secondary N) is 1. The normalized spacial score (nSPS) is 13.0. The Hall–Kier alpha value is -3.01. The molecule has 4 nitrogen and oxygen atoms in total. The predicted molar refractivity (Wildman–Crippen MR) is 108 cm³/mol. The topological polar surface area (TPSA) is 47.6 Å². The van der Waals surface area contributed by atoms with Gasteiger partial charge in [0.05, 0.1) is 12.6 Å². The lowest BCUT2D eigenvalue weighted by molar-refractivity contribution is -0.127. The van der Waals surface area contributed by atoms with Crippen LogP contribution < -0.4 is 14.8 Å². The number of benzene rings is 3. The molecule has 1 N–H and O–H groups in total. The Kier molecular flexibility index (Phi) is 5.97. The van der Waals surface area contributed by atoms with Gasteiger partial charge in [0.2, 0.25) is 0 Å². The molecule has 2 atom stereocenters. The summed E-state index contributed by atoms with van der Waals surface area (Å²) in [5.74, 6) is 1.39. The zero-order chi connectivity index (χ0) is 19.2. The summed E-state index contributed by atoms with van der Waals surface area (Å²) in [6.07, 6.45) is -0.596. The molecule has 0 bridgehead atoms. The molecule has 0 aliphatic rings. The van der Waals surface area contributed by atoms with E-state index in [1.54, 1.807) is 6.92 Å². The molecule has 0 aromatic heterocycles. The van der Waals surface area contributed by atoms with Crippen molar-refractivity contribution in [1.29, 1.82) is 0 Å². The summed E-state index contributed by atoms with van der Waals surface area (Å²) in [6, 6.07) is 21.5. The van der Waals surface area contributed by atoms with E-state index >= 15 is 0 Å². The number of hydrogen-bond donors (Lipinski definition) is 1. The molecule has 3 aromatic rings. The maximum Gasteiger partial charge on any atom is 0.261 e. The second-order valence-corrected chi connectivity index (χ2v) is 6.47. The third-order valence-electron chi connectivity index (χ3n) is 4.47. The first kappa shape index (κ1) is 18.8. The predicted octanol–water partition coefficient (Wildman–Crippen LogP) is 4.88. The number of ether oxygens (including phenoxy) is 2. The van der Waals surface area contributed by atoms with E-state index in [1.807, 2.05) is 80.6 Å². The minimum Gasteiger partial charge on any atom is -0.494 e. The zero-order valence-corrected chi connectivity index (χ0v) is 15.9. The molecular formula is C23H25NO3. The van der Waals surface area contributed by atoms with Crippen molar-refractivity contribution in [3.8, 4) is 11.5 Å². The number of rotatable bonds is 7. The molecule has 0 saturated carbocycles. The van der Waals surface area contributed by atoms with E-state index in [1.165, 1.54) is 0 Å². The van der Waals surface area contributed by atoms with Gasteiger partial charge in [0.15, 0.2) is 6.10 Å². The summed E-state index contributed by atoms with van der Waals surface area (Å²) in [5.41, 5.74) is 1.02. The van der Waals surface area contributed by atoms with Gasteiger partial charge >= 0.3 is 0 Å². The number of fused-ring (bicyclic) bond motifs is 1. The van der Waals surface area contributed by atoms with Crippen LogP contribution in [0.1, 0.15) is 32.4 Å². The Balaban J connectivity index is 1.64. The first-order valence-corrected chi connectivity index (χ1v) is 9.26. The van der Waals surface area contributed by atoms with Crippen molar-refractivity contribution in [2.45, 2.75) is 32.9 Å². The van der Waals surface area contributed by atoms with Crippen molar-refractivity contribution < 1.29 is 14.3 Å². The highest BCUT2D eigenvalue weighted by Gasteiger charge is 2.18. The van der Waals surface area contributed by atoms with Gasteiger partial charge in [-0.05, 0) is 49.9 Å². The Morgan fingerprint density at radius 2 is 1.67 bits per heavy atom. The highest BCUT2D eigenvalue weighted by molar-refractivity contribution is 5.89. The summed E-state index contributed by atoms with van der Waals surface area (Å²) in [4.78, 5) is 12.6. The minimum atomic E-state index is -0.596. The molecule has 4 heteroatoms. The molecule has 0 saturated heterocycles. The first-order chi connectivity index (χ1) is 13.1. The molecule has 0 radical (unpaired) electrons. The van der Waals surface area contributed by atoms with Crippen molar-refractivity contribution in [1.82, 2.24) is 5.32 Å². The average molecular weight is 363 g/mol. The lowest BCUT2D eigenvalue weighted by atomic mass is 10.1. The maximum atomic E-state index is 12.6. The third-order valence-corrected chi connectivity index (χ3v) is 4.47. The Morgan fingerprint density at radius 3 is 2.41 bits per heavy atom. The third kappa shape index (κ3) is 4.59. The van der Waals surface area contributed by atoms with Gasteiger partial charge in [-0.15, -0.1) is 0 Å². The van der Waals surface area contributed by atoms with Gasteiger partial charge in [0, 0.05) is 5.39 Å². The number of carbonyl (C=O) groups is 1. The molecule has 3 aromatic carbocycles. The average Bonchev–Trinajstić information content (AvgIpc) is 2.69. The summed E-state index contributed by atoms with van der Waals surface area (Å²) in [7, 11) is 0. The molecule has 1 amide bonds. The van der Waals surface area contributed by atoms with Crippen LogP contribution >= 0.6 is 0 Å². The van der Waals surface area contributed by atoms with E-state index in [2.05, 4.69) is 5.32 Å². The molecule has 0 spiro atoms. The van der Waals surface area contributed by atoms with Crippen molar-refractivity contribution in [3.05, 3.63) is 72.3 Å². The molecule has 0 aliphatic heterocycles. The van der Waals surface area contributed by atoms with Crippen LogP contribution in [0.4, 0.5) is 0 Å². The SMILES string of the molecule is CCOc1ccc([C@@H](C)NC(=O)[C@H](C)Oc2cccc3ccccc23)cc1. The van der Waals surface area contributed by atoms with Crippen LogP contribution in [-0.4, -0.2) is 18.6 Å². The monoisotopic (exact) mass is 363 g/mol. The highest BCUT2D eigenvalue weighted by Crippen LogP contribution is 2.26. The maximum absolute atomic E-state index is 12.6. The summed E-state index contributed by atoms with van der Waals surface area (Å²) in [6.45, 7) is 6.31. The number of hydrogen-bond acceptors (Lipinski definition) is 3. The van der Waals surface area contributed by atoms with Crippen LogP contribution in [0.15, 0.2) is 66.7 Å². The quantitative estimate of drug-likeness (QED) is 0.650. The van der Waals surface area contributed by atoms with E-state index in [4.69, 9.17) is 9.47 Å². The van der Waals surface area contributed by atoms with Crippen LogP contribution in [0, 0.1) is 0 Å². The molecule has 3 rings (SSSR count). The summed E-state index contributed by atoms with van der Waals surface area (Å²) < 4.78 is 11.4. The van der Waals surface area contributed by atoms with Crippen LogP contribution in [0.25, 0.3) is 10.8 Å². The smallest absolute Gasteiger partial charge is 0.261 e. The largest absolute Gasteiger partial charge is 0.494 e. The van der Waals surface area contributed by atoms with Crippen molar-refractivity contribution in [2.24, 2.45) is 0 Å².